The molecule has 1 amide bonds. The summed E-state index contributed by atoms with van der Waals surface area (Å²) >= 11 is 11.7. The number of piperazine rings is 1. The summed E-state index contributed by atoms with van der Waals surface area (Å²) in [6.07, 6.45) is 1.47. The maximum Gasteiger partial charge on any atom is 0.280 e. The largest absolute Gasteiger partial charge is 0.328 e. The van der Waals surface area contributed by atoms with Gasteiger partial charge in [-0.25, -0.2) is 4.98 Å². The zero-order valence-electron chi connectivity index (χ0n) is 10.8. The molecule has 104 valence electrons. The van der Waals surface area contributed by atoms with E-state index in [0.29, 0.717) is 22.4 Å². The zero-order valence-corrected chi connectivity index (χ0v) is 12.3. The van der Waals surface area contributed by atoms with E-state index >= 15 is 0 Å². The second-order valence-corrected chi connectivity index (χ2v) is 5.76. The van der Waals surface area contributed by atoms with Gasteiger partial charge >= 0.3 is 0 Å². The van der Waals surface area contributed by atoms with E-state index in [2.05, 4.69) is 17.3 Å². The molecule has 0 unspecified atom stereocenters. The van der Waals surface area contributed by atoms with Gasteiger partial charge in [-0.3, -0.25) is 4.79 Å². The van der Waals surface area contributed by atoms with Crippen LogP contribution in [0.2, 0.25) is 10.0 Å². The minimum absolute atomic E-state index is 0.0636. The molecule has 2 rings (SSSR count). The normalized spacial score (nSPS) is 23.1. The average Bonchev–Trinajstić information content (AvgIpc) is 2.36. The quantitative estimate of drug-likeness (QED) is 0.653. The van der Waals surface area contributed by atoms with Crippen LogP contribution in [-0.2, 0) is 4.79 Å². The van der Waals surface area contributed by atoms with Crippen LogP contribution in [0, 0.1) is 0 Å². The molecule has 3 N–H and O–H groups in total. The molecule has 0 spiro atoms. The molecule has 1 aromatic rings. The van der Waals surface area contributed by atoms with Gasteiger partial charge in [-0.2, -0.15) is 0 Å². The van der Waals surface area contributed by atoms with Gasteiger partial charge < -0.3 is 15.1 Å². The van der Waals surface area contributed by atoms with Crippen molar-refractivity contribution in [3.63, 3.8) is 0 Å². The number of hydrogen-bond acceptors (Lipinski definition) is 2. The number of hydrogen-bond donors (Lipinski definition) is 3. The Kier molecular flexibility index (Phi) is 4.99. The van der Waals surface area contributed by atoms with Crippen molar-refractivity contribution in [3.05, 3.63) is 22.3 Å². The lowest BCUT2D eigenvalue weighted by molar-refractivity contribution is -0.999. The second-order valence-electron chi connectivity index (χ2n) is 4.92. The molecule has 1 saturated heterocycles. The summed E-state index contributed by atoms with van der Waals surface area (Å²) in [4.78, 5) is 18.8. The summed E-state index contributed by atoms with van der Waals surface area (Å²) in [5.41, 5.74) is 0. The fourth-order valence-corrected chi connectivity index (χ4v) is 2.54. The van der Waals surface area contributed by atoms with Crippen LogP contribution in [0.3, 0.4) is 0 Å². The van der Waals surface area contributed by atoms with Crippen molar-refractivity contribution in [2.75, 3.05) is 45.1 Å². The van der Waals surface area contributed by atoms with Crippen molar-refractivity contribution in [1.29, 1.82) is 0 Å². The Morgan fingerprint density at radius 2 is 2.05 bits per heavy atom. The lowest BCUT2D eigenvalue weighted by atomic mass is 10.3. The number of quaternary nitrogens is 2. The SMILES string of the molecule is C[NH+]1CC[NH+](CC(=O)Nc2ncc(Cl)cc2Cl)CC1. The summed E-state index contributed by atoms with van der Waals surface area (Å²) in [5.74, 6) is 0.307. The first-order chi connectivity index (χ1) is 9.04. The molecule has 1 fully saturated rings. The molecule has 7 heteroatoms. The molecular formula is C12H18Cl2N4O+2. The molecule has 0 bridgehead atoms. The number of pyridine rings is 1. The van der Waals surface area contributed by atoms with Crippen LogP contribution in [-0.4, -0.2) is 50.7 Å². The molecule has 19 heavy (non-hydrogen) atoms. The lowest BCUT2D eigenvalue weighted by Gasteiger charge is -2.26. The van der Waals surface area contributed by atoms with Gasteiger partial charge in [0.1, 0.15) is 26.2 Å². The molecule has 1 aliphatic heterocycles. The number of nitrogens with one attached hydrogen (secondary N) is 3. The van der Waals surface area contributed by atoms with E-state index in [1.54, 1.807) is 6.07 Å². The number of carbonyl (C=O) groups is 1. The predicted molar refractivity (Wildman–Crippen MR) is 75.1 cm³/mol. The zero-order chi connectivity index (χ0) is 13.8. The standard InChI is InChI=1S/C12H16Cl2N4O/c1-17-2-4-18(5-3-17)8-11(19)16-12-10(14)6-9(13)7-15-12/h6-7H,2-5,8H2,1H3,(H,15,16,19)/p+2. The van der Waals surface area contributed by atoms with Gasteiger partial charge in [0.15, 0.2) is 12.4 Å². The Morgan fingerprint density at radius 1 is 1.37 bits per heavy atom. The number of rotatable bonds is 3. The predicted octanol–water partition coefficient (Wildman–Crippen LogP) is -1.26. The third-order valence-electron chi connectivity index (χ3n) is 3.29. The first-order valence-electron chi connectivity index (χ1n) is 6.30. The van der Waals surface area contributed by atoms with E-state index in [1.807, 2.05) is 0 Å². The van der Waals surface area contributed by atoms with Gasteiger partial charge in [0, 0.05) is 6.20 Å². The molecule has 0 aromatic carbocycles. The van der Waals surface area contributed by atoms with Crippen molar-refractivity contribution < 1.29 is 14.6 Å². The molecular weight excluding hydrogens is 287 g/mol. The molecule has 0 radical (unpaired) electrons. The minimum atomic E-state index is -0.0636. The molecule has 1 aliphatic rings. The highest BCUT2D eigenvalue weighted by molar-refractivity contribution is 6.36. The summed E-state index contributed by atoms with van der Waals surface area (Å²) < 4.78 is 0. The monoisotopic (exact) mass is 304 g/mol. The number of amides is 1. The van der Waals surface area contributed by atoms with E-state index in [4.69, 9.17) is 23.2 Å². The Bertz CT molecular complexity index is 461. The van der Waals surface area contributed by atoms with Crippen molar-refractivity contribution in [1.82, 2.24) is 4.98 Å². The lowest BCUT2D eigenvalue weighted by Crippen LogP contribution is -3.27. The molecule has 2 heterocycles. The number of nitrogens with zero attached hydrogens (tertiary/aromatic N) is 1. The van der Waals surface area contributed by atoms with E-state index in [9.17, 15) is 4.79 Å². The number of carbonyl (C=O) groups excluding carboxylic acids is 1. The molecule has 0 atom stereocenters. The van der Waals surface area contributed by atoms with Gasteiger partial charge in [0.05, 0.1) is 17.1 Å². The first-order valence-corrected chi connectivity index (χ1v) is 7.06. The maximum absolute atomic E-state index is 11.9. The fourth-order valence-electron chi connectivity index (χ4n) is 2.12. The third kappa shape index (κ3) is 4.31. The van der Waals surface area contributed by atoms with E-state index in [0.717, 1.165) is 26.2 Å². The van der Waals surface area contributed by atoms with Crippen molar-refractivity contribution >= 4 is 34.9 Å². The highest BCUT2D eigenvalue weighted by Crippen LogP contribution is 2.22. The Balaban J connectivity index is 1.87. The number of halogens is 2. The Labute approximate surface area is 122 Å². The van der Waals surface area contributed by atoms with Crippen LogP contribution in [0.25, 0.3) is 0 Å². The van der Waals surface area contributed by atoms with Crippen molar-refractivity contribution in [2.24, 2.45) is 0 Å². The third-order valence-corrected chi connectivity index (χ3v) is 3.78. The van der Waals surface area contributed by atoms with Gasteiger partial charge in [-0.15, -0.1) is 0 Å². The highest BCUT2D eigenvalue weighted by Gasteiger charge is 2.22. The fraction of sp³-hybridized carbons (Fsp3) is 0.500. The van der Waals surface area contributed by atoms with Gasteiger partial charge in [-0.05, 0) is 6.07 Å². The van der Waals surface area contributed by atoms with Crippen LogP contribution in [0.4, 0.5) is 5.82 Å². The highest BCUT2D eigenvalue weighted by atomic mass is 35.5. The van der Waals surface area contributed by atoms with E-state index in [1.165, 1.54) is 16.0 Å². The summed E-state index contributed by atoms with van der Waals surface area (Å²) in [6.45, 7) is 4.68. The van der Waals surface area contributed by atoms with Gasteiger partial charge in [-0.1, -0.05) is 23.2 Å². The van der Waals surface area contributed by atoms with Crippen molar-refractivity contribution in [3.8, 4) is 0 Å². The Hall–Kier alpha value is -0.880. The summed E-state index contributed by atoms with van der Waals surface area (Å²) in [6, 6.07) is 1.57. The summed E-state index contributed by atoms with van der Waals surface area (Å²) in [5, 5.41) is 3.54. The minimum Gasteiger partial charge on any atom is -0.328 e. The van der Waals surface area contributed by atoms with Gasteiger partial charge in [0.25, 0.3) is 5.91 Å². The molecule has 1 aromatic heterocycles. The second kappa shape index (κ2) is 6.52. The van der Waals surface area contributed by atoms with Crippen LogP contribution < -0.4 is 15.1 Å². The molecule has 5 nitrogen and oxygen atoms in total. The summed E-state index contributed by atoms with van der Waals surface area (Å²) in [7, 11) is 2.17. The molecule has 0 aliphatic carbocycles. The number of likely N-dealkylation sites (N-methyl/N-ethyl adjacent to an activating group) is 1. The molecule has 0 saturated carbocycles. The van der Waals surface area contributed by atoms with Crippen LogP contribution in [0.15, 0.2) is 12.3 Å². The van der Waals surface area contributed by atoms with E-state index < -0.39 is 0 Å². The van der Waals surface area contributed by atoms with E-state index in [-0.39, 0.29) is 5.91 Å². The number of anilines is 1. The first kappa shape index (κ1) is 14.5. The van der Waals surface area contributed by atoms with Crippen LogP contribution in [0.5, 0.6) is 0 Å². The topological polar surface area (TPSA) is 50.9 Å². The van der Waals surface area contributed by atoms with Crippen LogP contribution in [0.1, 0.15) is 0 Å². The maximum atomic E-state index is 11.9. The number of aromatic nitrogens is 1. The average molecular weight is 305 g/mol. The smallest absolute Gasteiger partial charge is 0.280 e. The van der Waals surface area contributed by atoms with Crippen LogP contribution >= 0.6 is 23.2 Å². The van der Waals surface area contributed by atoms with Crippen molar-refractivity contribution in [2.45, 2.75) is 0 Å². The van der Waals surface area contributed by atoms with Gasteiger partial charge in [0.2, 0.25) is 0 Å². The Morgan fingerprint density at radius 3 is 2.68 bits per heavy atom.